The second kappa shape index (κ2) is 13.2. The highest BCUT2D eigenvalue weighted by atomic mass is 127. The van der Waals surface area contributed by atoms with Crippen LogP contribution in [0, 0.1) is 0 Å². The Morgan fingerprint density at radius 1 is 1.10 bits per heavy atom. The summed E-state index contributed by atoms with van der Waals surface area (Å²) in [6, 6.07) is 10.6. The maximum atomic E-state index is 5.76. The fourth-order valence-corrected chi connectivity index (χ4v) is 1.91. The van der Waals surface area contributed by atoms with E-state index in [1.54, 1.807) is 0 Å². The summed E-state index contributed by atoms with van der Waals surface area (Å²) in [6.45, 7) is 3.93. The molecule has 0 aromatic heterocycles. The van der Waals surface area contributed by atoms with E-state index >= 15 is 0 Å². The van der Waals surface area contributed by atoms with E-state index in [9.17, 15) is 0 Å². The summed E-state index contributed by atoms with van der Waals surface area (Å²) in [5.74, 6) is 0.594. The molecule has 0 aliphatic carbocycles. The molecular formula is C16H28IN3. The molecular weight excluding hydrogens is 361 g/mol. The van der Waals surface area contributed by atoms with Gasteiger partial charge in [-0.3, -0.25) is 4.99 Å². The molecule has 0 saturated heterocycles. The van der Waals surface area contributed by atoms with Crippen molar-refractivity contribution >= 4 is 29.9 Å². The Morgan fingerprint density at radius 2 is 1.85 bits per heavy atom. The lowest BCUT2D eigenvalue weighted by atomic mass is 10.1. The highest BCUT2D eigenvalue weighted by Crippen LogP contribution is 2.06. The molecule has 0 aliphatic heterocycles. The number of hydrogen-bond donors (Lipinski definition) is 2. The third-order valence-corrected chi connectivity index (χ3v) is 3.08. The fourth-order valence-electron chi connectivity index (χ4n) is 1.91. The summed E-state index contributed by atoms with van der Waals surface area (Å²) in [6.07, 6.45) is 7.04. The Kier molecular flexibility index (Phi) is 12.7. The van der Waals surface area contributed by atoms with E-state index in [0.29, 0.717) is 5.96 Å². The van der Waals surface area contributed by atoms with Gasteiger partial charge in [-0.1, -0.05) is 50.1 Å². The minimum absolute atomic E-state index is 0. The van der Waals surface area contributed by atoms with Gasteiger partial charge in [0.2, 0.25) is 0 Å². The first-order valence-electron chi connectivity index (χ1n) is 7.40. The molecule has 1 aromatic rings. The van der Waals surface area contributed by atoms with Crippen LogP contribution in [0.25, 0.3) is 0 Å². The van der Waals surface area contributed by atoms with Gasteiger partial charge < -0.3 is 11.1 Å². The van der Waals surface area contributed by atoms with Crippen molar-refractivity contribution in [1.82, 2.24) is 5.32 Å². The molecule has 1 aromatic carbocycles. The number of aryl methyl sites for hydroxylation is 1. The van der Waals surface area contributed by atoms with Gasteiger partial charge in [0.1, 0.15) is 0 Å². The Morgan fingerprint density at radius 3 is 2.55 bits per heavy atom. The Labute approximate surface area is 140 Å². The van der Waals surface area contributed by atoms with Crippen molar-refractivity contribution in [2.45, 2.75) is 45.4 Å². The normalized spacial score (nSPS) is 10.9. The Hall–Kier alpha value is -0.780. The fraction of sp³-hybridized carbons (Fsp3) is 0.562. The molecule has 0 aliphatic rings. The zero-order valence-corrected chi connectivity index (χ0v) is 14.8. The van der Waals surface area contributed by atoms with Crippen LogP contribution in [0.5, 0.6) is 0 Å². The lowest BCUT2D eigenvalue weighted by Gasteiger charge is -2.04. The van der Waals surface area contributed by atoms with Crippen LogP contribution in [0.2, 0.25) is 0 Å². The van der Waals surface area contributed by atoms with Crippen LogP contribution in [0.4, 0.5) is 0 Å². The zero-order chi connectivity index (χ0) is 13.8. The first kappa shape index (κ1) is 19.2. The number of rotatable bonds is 9. The summed E-state index contributed by atoms with van der Waals surface area (Å²) in [7, 11) is 0. The number of hydrogen-bond acceptors (Lipinski definition) is 1. The second-order valence-electron chi connectivity index (χ2n) is 4.84. The molecule has 0 unspecified atom stereocenters. The van der Waals surface area contributed by atoms with Crippen molar-refractivity contribution < 1.29 is 0 Å². The van der Waals surface area contributed by atoms with Gasteiger partial charge in [-0.15, -0.1) is 24.0 Å². The molecule has 1 rings (SSSR count). The number of halogens is 1. The molecule has 0 heterocycles. The van der Waals surface area contributed by atoms with Crippen molar-refractivity contribution in [2.75, 3.05) is 13.1 Å². The molecule has 4 heteroatoms. The number of nitrogens with two attached hydrogens (primary N) is 1. The number of nitrogens with one attached hydrogen (secondary N) is 1. The Bertz CT molecular complexity index is 352. The summed E-state index contributed by atoms with van der Waals surface area (Å²) in [5.41, 5.74) is 7.18. The molecule has 0 spiro atoms. The molecule has 0 bridgehead atoms. The predicted octanol–water partition coefficient (Wildman–Crippen LogP) is 3.72. The molecule has 114 valence electrons. The van der Waals surface area contributed by atoms with E-state index in [0.717, 1.165) is 32.4 Å². The van der Waals surface area contributed by atoms with E-state index in [1.165, 1.54) is 24.8 Å². The smallest absolute Gasteiger partial charge is 0.188 e. The van der Waals surface area contributed by atoms with Gasteiger partial charge in [-0.25, -0.2) is 0 Å². The average Bonchev–Trinajstić information content (AvgIpc) is 2.44. The average molecular weight is 389 g/mol. The molecule has 0 radical (unpaired) electrons. The van der Waals surface area contributed by atoms with E-state index < -0.39 is 0 Å². The van der Waals surface area contributed by atoms with E-state index in [4.69, 9.17) is 5.73 Å². The van der Waals surface area contributed by atoms with E-state index in [2.05, 4.69) is 47.6 Å². The van der Waals surface area contributed by atoms with Crippen molar-refractivity contribution in [1.29, 1.82) is 0 Å². The maximum Gasteiger partial charge on any atom is 0.188 e. The van der Waals surface area contributed by atoms with E-state index in [1.807, 2.05) is 0 Å². The molecule has 0 saturated carbocycles. The first-order valence-corrected chi connectivity index (χ1v) is 7.40. The molecule has 0 fully saturated rings. The Balaban J connectivity index is 0.00000361. The molecule has 3 N–H and O–H groups in total. The van der Waals surface area contributed by atoms with Gasteiger partial charge in [0.15, 0.2) is 5.96 Å². The molecule has 0 atom stereocenters. The van der Waals surface area contributed by atoms with Crippen molar-refractivity contribution in [2.24, 2.45) is 10.7 Å². The van der Waals surface area contributed by atoms with Crippen molar-refractivity contribution in [3.63, 3.8) is 0 Å². The molecule has 3 nitrogen and oxygen atoms in total. The van der Waals surface area contributed by atoms with Crippen LogP contribution < -0.4 is 11.1 Å². The minimum Gasteiger partial charge on any atom is -0.370 e. The number of aliphatic imine (C=N–C) groups is 1. The topological polar surface area (TPSA) is 50.4 Å². The summed E-state index contributed by atoms with van der Waals surface area (Å²) in [5, 5.41) is 3.13. The minimum atomic E-state index is 0. The number of guanidine groups is 1. The number of nitrogens with zero attached hydrogens (tertiary/aromatic N) is 1. The van der Waals surface area contributed by atoms with Crippen LogP contribution in [0.15, 0.2) is 35.3 Å². The second-order valence-corrected chi connectivity index (χ2v) is 4.84. The van der Waals surface area contributed by atoms with Crippen LogP contribution in [-0.2, 0) is 6.42 Å². The highest BCUT2D eigenvalue weighted by Gasteiger charge is 1.93. The van der Waals surface area contributed by atoms with Crippen LogP contribution in [0.1, 0.15) is 44.6 Å². The summed E-state index contributed by atoms with van der Waals surface area (Å²) >= 11 is 0. The predicted molar refractivity (Wildman–Crippen MR) is 98.8 cm³/mol. The summed E-state index contributed by atoms with van der Waals surface area (Å²) in [4.78, 5) is 4.32. The van der Waals surface area contributed by atoms with Gasteiger partial charge in [0.05, 0.1) is 0 Å². The largest absolute Gasteiger partial charge is 0.370 e. The summed E-state index contributed by atoms with van der Waals surface area (Å²) < 4.78 is 0. The third kappa shape index (κ3) is 10.1. The van der Waals surface area contributed by atoms with Gasteiger partial charge in [0.25, 0.3) is 0 Å². The third-order valence-electron chi connectivity index (χ3n) is 3.08. The number of unbranched alkanes of at least 4 members (excludes halogenated alkanes) is 3. The highest BCUT2D eigenvalue weighted by molar-refractivity contribution is 14.0. The first-order chi connectivity index (χ1) is 9.33. The van der Waals surface area contributed by atoms with E-state index in [-0.39, 0.29) is 24.0 Å². The lowest BCUT2D eigenvalue weighted by molar-refractivity contribution is 0.683. The molecule has 0 amide bonds. The number of benzene rings is 1. The van der Waals surface area contributed by atoms with Crippen molar-refractivity contribution in [3.05, 3.63) is 35.9 Å². The van der Waals surface area contributed by atoms with Gasteiger partial charge >= 0.3 is 0 Å². The standard InChI is InChI=1S/C16H27N3.HI/c1-2-3-13-18-16(17)19-14-9-5-8-12-15-10-6-4-7-11-15;/h4,6-7,10-11H,2-3,5,8-9,12-14H2,1H3,(H3,17,18,19);1H. The molecule has 20 heavy (non-hydrogen) atoms. The van der Waals surface area contributed by atoms with Crippen molar-refractivity contribution in [3.8, 4) is 0 Å². The maximum absolute atomic E-state index is 5.76. The lowest BCUT2D eigenvalue weighted by Crippen LogP contribution is -2.32. The SMILES string of the molecule is CCCCNC(N)=NCCCCCc1ccccc1.I. The van der Waals surface area contributed by atoms with Crippen LogP contribution >= 0.6 is 24.0 Å². The van der Waals surface area contributed by atoms with Crippen LogP contribution in [-0.4, -0.2) is 19.0 Å². The van der Waals surface area contributed by atoms with Gasteiger partial charge in [-0.2, -0.15) is 0 Å². The van der Waals surface area contributed by atoms with Gasteiger partial charge in [-0.05, 0) is 31.2 Å². The van der Waals surface area contributed by atoms with Crippen LogP contribution in [0.3, 0.4) is 0 Å². The zero-order valence-electron chi connectivity index (χ0n) is 12.5. The van der Waals surface area contributed by atoms with Gasteiger partial charge in [0, 0.05) is 13.1 Å². The quantitative estimate of drug-likeness (QED) is 0.293. The monoisotopic (exact) mass is 389 g/mol.